The number of nitrogens with one attached hydrogen (secondary N) is 10. The molecule has 0 aromatic heterocycles. The summed E-state index contributed by atoms with van der Waals surface area (Å²) in [5.41, 5.74) is 10.6. The van der Waals surface area contributed by atoms with Crippen LogP contribution in [0.15, 0.2) is 4.99 Å². The molecule has 0 aromatic rings. The Bertz CT molecular complexity index is 2200. The van der Waals surface area contributed by atoms with Crippen LogP contribution in [-0.2, 0) is 66.6 Å². The van der Waals surface area contributed by atoms with Crippen molar-refractivity contribution in [3.63, 3.8) is 0 Å². The lowest BCUT2D eigenvalue weighted by Crippen LogP contribution is -2.59. The first-order valence-corrected chi connectivity index (χ1v) is 30.8. The Hall–Kier alpha value is -5.58. The number of hydrogen-bond acceptors (Lipinski definition) is 19. The van der Waals surface area contributed by atoms with Gasteiger partial charge in [-0.1, -0.05) is 84.0 Å². The maximum atomic E-state index is 13.3. The number of carboxylic acids is 2. The number of aliphatic imine (C=N–C) groups is 1. The largest absolute Gasteiger partial charge is 0.481 e. The number of nitrogens with two attached hydrogens (primary N) is 2. The summed E-state index contributed by atoms with van der Waals surface area (Å²) in [6.07, 6.45) is 13.7. The van der Waals surface area contributed by atoms with Gasteiger partial charge in [0.05, 0.1) is 32.7 Å². The molecule has 0 fully saturated rings. The molecule has 0 unspecified atom stereocenters. The van der Waals surface area contributed by atoms with Gasteiger partial charge in [0, 0.05) is 36.0 Å². The summed E-state index contributed by atoms with van der Waals surface area (Å²) >= 11 is 16.6. The number of amides is 10. The van der Waals surface area contributed by atoms with E-state index in [-0.39, 0.29) is 60.7 Å². The van der Waals surface area contributed by atoms with Crippen molar-refractivity contribution < 1.29 is 86.6 Å². The molecule has 10 amide bonds. The lowest BCUT2D eigenvalue weighted by Gasteiger charge is -2.24. The van der Waals surface area contributed by atoms with Gasteiger partial charge in [-0.2, -0.15) is 50.5 Å². The summed E-state index contributed by atoms with van der Waals surface area (Å²) in [6.45, 7) is -1.61. The molecule has 0 rings (SSSR count). The van der Waals surface area contributed by atoms with E-state index in [0.717, 1.165) is 25.7 Å². The molecule has 0 aliphatic rings. The van der Waals surface area contributed by atoms with Crippen molar-refractivity contribution >= 4 is 135 Å². The number of aliphatic carboxylic acids is 2. The molecule has 0 aromatic carbocycles. The average Bonchev–Trinajstić information content (AvgIpc) is 3.48. The van der Waals surface area contributed by atoms with E-state index in [9.17, 15) is 77.0 Å². The summed E-state index contributed by atoms with van der Waals surface area (Å²) in [5, 5.41) is 40.9. The minimum absolute atomic E-state index is 0.0438. The van der Waals surface area contributed by atoms with Crippen molar-refractivity contribution in [2.24, 2.45) is 16.5 Å². The standard InChI is InChI=1S/C47H84N13O18PS4/c1-2-3-4-5-6-7-8-9-10-11-12-13-14-17-35(61)55-32(25-81)43(70)59-34(27-83)45(72)60-33(26-82)44(71)58-31(24-80)40(67)53-21-37(63)51-20-36(62)52-22-38(64)54-30(23-78-79(75,76)77)42(69)56-28(16-15-18-50-47(48)49)41(68)57-29(46(73)74)19-39(65)66/h28-34,80-83H,2-27H2,1H3,(H,51,63)(H,52,62)(H,53,67)(H,54,64)(H,55,61)(H,56,69)(H,57,68)(H,58,71)(H,59,70)(H,60,72)(H,65,66)(H,73,74)(H4,48,49,50)(H2,75,76,77)/t28-,29-,30-,31-,32-,33-,34-/m0/s1. The molecule has 0 aliphatic heterocycles. The molecular formula is C47H84N13O18PS4. The Kier molecular flexibility index (Phi) is 41.9. The zero-order chi connectivity index (χ0) is 62.9. The highest BCUT2D eigenvalue weighted by Crippen LogP contribution is 2.35. The van der Waals surface area contributed by atoms with Gasteiger partial charge in [0.2, 0.25) is 59.1 Å². The topological polar surface area (TPSA) is 497 Å². The SMILES string of the molecule is CCCCCCCCCCCCCCCC(=O)N[C@@H](CS)C(=O)N[C@@H](CS)C(=O)N[C@@H](CS)C(=O)N[C@@H](CS)C(=O)NCC(=O)NCC(=O)NCC(=O)N[C@@H](COP(=O)(O)O)C(=O)N[C@@H](CCCN=C(N)N)C(=O)N[C@@H](CC(=O)O)C(=O)O. The van der Waals surface area contributed by atoms with Crippen LogP contribution < -0.4 is 64.6 Å². The van der Waals surface area contributed by atoms with Crippen molar-refractivity contribution in [1.82, 2.24) is 53.2 Å². The van der Waals surface area contributed by atoms with Crippen molar-refractivity contribution in [2.45, 2.75) is 158 Å². The van der Waals surface area contributed by atoms with Crippen LogP contribution in [0.1, 0.15) is 116 Å². The van der Waals surface area contributed by atoms with E-state index < -0.39 is 148 Å². The molecule has 0 saturated carbocycles. The second-order valence-corrected chi connectivity index (χ2v) is 21.4. The summed E-state index contributed by atoms with van der Waals surface area (Å²) in [5.74, 6) is -14.0. The van der Waals surface area contributed by atoms with Gasteiger partial charge in [-0.25, -0.2) is 9.36 Å². The summed E-state index contributed by atoms with van der Waals surface area (Å²) in [7, 11) is -5.31. The second-order valence-electron chi connectivity index (χ2n) is 18.7. The maximum absolute atomic E-state index is 13.3. The molecule has 0 heterocycles. The number of unbranched alkanes of at least 4 members (excludes halogenated alkanes) is 12. The van der Waals surface area contributed by atoms with Crippen LogP contribution in [0.3, 0.4) is 0 Å². The smallest absolute Gasteiger partial charge is 0.469 e. The Morgan fingerprint density at radius 1 is 0.470 bits per heavy atom. The fourth-order valence-electron chi connectivity index (χ4n) is 7.23. The zero-order valence-corrected chi connectivity index (χ0v) is 50.7. The molecule has 83 heavy (non-hydrogen) atoms. The highest BCUT2D eigenvalue weighted by atomic mass is 32.1. The van der Waals surface area contributed by atoms with E-state index in [1.54, 1.807) is 0 Å². The van der Waals surface area contributed by atoms with E-state index >= 15 is 0 Å². The van der Waals surface area contributed by atoms with Gasteiger partial charge in [0.15, 0.2) is 5.96 Å². The molecule has 7 atom stereocenters. The second kappa shape index (κ2) is 44.9. The maximum Gasteiger partial charge on any atom is 0.469 e. The van der Waals surface area contributed by atoms with Gasteiger partial charge in [-0.3, -0.25) is 62.3 Å². The highest BCUT2D eigenvalue weighted by Gasteiger charge is 2.33. The van der Waals surface area contributed by atoms with E-state index in [0.29, 0.717) is 6.42 Å². The van der Waals surface area contributed by atoms with Crippen LogP contribution in [0, 0.1) is 0 Å². The Labute approximate surface area is 503 Å². The molecule has 0 aliphatic carbocycles. The minimum Gasteiger partial charge on any atom is -0.481 e. The van der Waals surface area contributed by atoms with Crippen LogP contribution in [-0.4, -0.2) is 195 Å². The lowest BCUT2D eigenvalue weighted by atomic mass is 10.0. The summed E-state index contributed by atoms with van der Waals surface area (Å²) in [4.78, 5) is 174. The molecular weight excluding hydrogens is 1190 g/mol. The van der Waals surface area contributed by atoms with Crippen molar-refractivity contribution in [3.8, 4) is 0 Å². The minimum atomic E-state index is -5.31. The van der Waals surface area contributed by atoms with Crippen LogP contribution in [0.25, 0.3) is 0 Å². The molecule has 0 radical (unpaired) electrons. The molecule has 18 N–H and O–H groups in total. The van der Waals surface area contributed by atoms with Crippen LogP contribution in [0.5, 0.6) is 0 Å². The third-order valence-corrected chi connectivity index (χ3v) is 13.7. The number of phosphoric acid groups is 1. The van der Waals surface area contributed by atoms with Gasteiger partial charge in [-0.05, 0) is 19.3 Å². The van der Waals surface area contributed by atoms with Crippen LogP contribution >= 0.6 is 58.3 Å². The number of phosphoric ester groups is 1. The number of rotatable bonds is 47. The van der Waals surface area contributed by atoms with Gasteiger partial charge in [0.1, 0.15) is 42.3 Å². The first-order chi connectivity index (χ1) is 39.2. The molecule has 36 heteroatoms. The zero-order valence-electron chi connectivity index (χ0n) is 46.3. The molecule has 0 saturated heterocycles. The van der Waals surface area contributed by atoms with Gasteiger partial charge < -0.3 is 84.6 Å². The molecule has 0 bridgehead atoms. The quantitative estimate of drug-likeness (QED) is 0.00931. The number of carbonyl (C=O) groups excluding carboxylic acids is 10. The fourth-order valence-corrected chi connectivity index (χ4v) is 8.60. The lowest BCUT2D eigenvalue weighted by molar-refractivity contribution is -0.147. The Morgan fingerprint density at radius 3 is 1.28 bits per heavy atom. The normalized spacial score (nSPS) is 13.6. The number of guanidine groups is 1. The number of hydrogen-bond donors (Lipinski definition) is 20. The van der Waals surface area contributed by atoms with E-state index in [1.807, 2.05) is 10.6 Å². The number of carbonyl (C=O) groups is 12. The van der Waals surface area contributed by atoms with E-state index in [2.05, 4.69) is 109 Å². The summed E-state index contributed by atoms with van der Waals surface area (Å²) < 4.78 is 15.8. The van der Waals surface area contributed by atoms with Crippen molar-refractivity contribution in [2.75, 3.05) is 55.8 Å². The third kappa shape index (κ3) is 38.1. The van der Waals surface area contributed by atoms with Gasteiger partial charge >= 0.3 is 19.8 Å². The molecule has 31 nitrogen and oxygen atoms in total. The predicted octanol–water partition coefficient (Wildman–Crippen LogP) is -3.35. The first-order valence-electron chi connectivity index (χ1n) is 26.8. The summed E-state index contributed by atoms with van der Waals surface area (Å²) in [6, 6.07) is -10.7. The van der Waals surface area contributed by atoms with E-state index in [4.69, 9.17) is 16.6 Å². The number of carboxylic acid groups (broad SMARTS) is 2. The van der Waals surface area contributed by atoms with Crippen molar-refractivity contribution in [3.05, 3.63) is 0 Å². The van der Waals surface area contributed by atoms with Gasteiger partial charge in [0.25, 0.3) is 0 Å². The first kappa shape index (κ1) is 77.4. The highest BCUT2D eigenvalue weighted by molar-refractivity contribution is 7.80. The number of nitrogens with zero attached hydrogens (tertiary/aromatic N) is 1. The average molecular weight is 1280 g/mol. The third-order valence-electron chi connectivity index (χ3n) is 11.7. The molecule has 474 valence electrons. The van der Waals surface area contributed by atoms with Gasteiger partial charge in [-0.15, -0.1) is 0 Å². The van der Waals surface area contributed by atoms with Crippen molar-refractivity contribution in [1.29, 1.82) is 0 Å². The van der Waals surface area contributed by atoms with E-state index in [1.165, 1.54) is 51.4 Å². The van der Waals surface area contributed by atoms with Crippen LogP contribution in [0.4, 0.5) is 0 Å². The Morgan fingerprint density at radius 2 is 0.843 bits per heavy atom. The van der Waals surface area contributed by atoms with Crippen LogP contribution in [0.2, 0.25) is 0 Å². The predicted molar refractivity (Wildman–Crippen MR) is 316 cm³/mol. The number of thiol groups is 4. The monoisotopic (exact) mass is 1280 g/mol. The fraction of sp³-hybridized carbons (Fsp3) is 0.723. The molecule has 0 spiro atoms. The Balaban J connectivity index is 5.24.